The summed E-state index contributed by atoms with van der Waals surface area (Å²) >= 11 is 7.44. The molecule has 7 heteroatoms. The molecular weight excluding hydrogens is 304 g/mol. The van der Waals surface area contributed by atoms with Gasteiger partial charge in [0.2, 0.25) is 5.91 Å². The molecule has 0 aromatic carbocycles. The molecule has 5 nitrogen and oxygen atoms in total. The maximum atomic E-state index is 11.8. The lowest BCUT2D eigenvalue weighted by Gasteiger charge is -2.18. The van der Waals surface area contributed by atoms with Crippen LogP contribution in [0.1, 0.15) is 12.0 Å². The summed E-state index contributed by atoms with van der Waals surface area (Å²) in [5, 5.41) is 9.07. The molecule has 1 aliphatic rings. The van der Waals surface area contributed by atoms with Crippen molar-refractivity contribution in [3.8, 4) is 6.07 Å². The van der Waals surface area contributed by atoms with Gasteiger partial charge in [-0.2, -0.15) is 17.9 Å². The number of nitriles is 1. The summed E-state index contributed by atoms with van der Waals surface area (Å²) in [6.45, 7) is 0.479. The lowest BCUT2D eigenvalue weighted by Crippen LogP contribution is -2.26. The monoisotopic (exact) mass is 312 g/mol. The number of aromatic nitrogens is 1. The minimum Gasteiger partial charge on any atom is -0.384 e. The molecule has 2 N–H and O–H groups in total. The Morgan fingerprint density at radius 3 is 2.94 bits per heavy atom. The number of pyridine rings is 1. The van der Waals surface area contributed by atoms with Gasteiger partial charge in [-0.3, -0.25) is 4.79 Å². The zero-order valence-corrected chi connectivity index (χ0v) is 11.2. The first-order valence-electron chi connectivity index (χ1n) is 4.87. The van der Waals surface area contributed by atoms with Crippen molar-refractivity contribution in [2.24, 2.45) is 0 Å². The third-order valence-electron chi connectivity index (χ3n) is 2.48. The van der Waals surface area contributed by atoms with Crippen molar-refractivity contribution >= 4 is 46.0 Å². The highest BCUT2D eigenvalue weighted by Gasteiger charge is 2.30. The molecule has 0 saturated carbocycles. The van der Waals surface area contributed by atoms with Crippen molar-refractivity contribution in [3.05, 3.63) is 16.2 Å². The van der Waals surface area contributed by atoms with Crippen LogP contribution in [0.5, 0.6) is 0 Å². The second-order valence-corrected chi connectivity index (χ2v) is 5.19. The number of hydrogen-bond acceptors (Lipinski definition) is 5. The van der Waals surface area contributed by atoms with E-state index < -0.39 is 0 Å². The van der Waals surface area contributed by atoms with Crippen molar-refractivity contribution in [3.63, 3.8) is 0 Å². The molecule has 88 valence electrons. The van der Waals surface area contributed by atoms with Crippen LogP contribution in [-0.2, 0) is 4.79 Å². The maximum Gasteiger partial charge on any atom is 0.228 e. The van der Waals surface area contributed by atoms with Gasteiger partial charge in [0.1, 0.15) is 22.1 Å². The normalized spacial score (nSPS) is 19.5. The Morgan fingerprint density at radius 2 is 2.41 bits per heavy atom. The number of amides is 1. The molecule has 1 aliphatic heterocycles. The molecule has 2 rings (SSSR count). The number of rotatable bonds is 1. The standard InChI is InChI=1S/C10H9BrN4OS/c11-10-6(3-12)7(2-8(13)14-10)15-4-5(17)1-9(15)16/h2,5,17H,1,4H2,(H2,13,14). The van der Waals surface area contributed by atoms with Crippen LogP contribution in [0.4, 0.5) is 11.5 Å². The van der Waals surface area contributed by atoms with Gasteiger partial charge < -0.3 is 10.6 Å². The zero-order valence-electron chi connectivity index (χ0n) is 8.72. The molecule has 1 atom stereocenters. The van der Waals surface area contributed by atoms with Gasteiger partial charge in [-0.05, 0) is 15.9 Å². The third-order valence-corrected chi connectivity index (χ3v) is 3.40. The number of carbonyl (C=O) groups excluding carboxylic acids is 1. The van der Waals surface area contributed by atoms with E-state index in [0.717, 1.165) is 0 Å². The molecular formula is C10H9BrN4OS. The van der Waals surface area contributed by atoms with Crippen LogP contribution in [0.25, 0.3) is 0 Å². The van der Waals surface area contributed by atoms with Gasteiger partial charge in [-0.25, -0.2) is 4.98 Å². The van der Waals surface area contributed by atoms with Crippen LogP contribution in [-0.4, -0.2) is 22.7 Å². The highest BCUT2D eigenvalue weighted by molar-refractivity contribution is 9.10. The average Bonchev–Trinajstić information content (AvgIpc) is 2.56. The molecule has 2 heterocycles. The van der Waals surface area contributed by atoms with Gasteiger partial charge in [0, 0.05) is 24.3 Å². The van der Waals surface area contributed by atoms with Crippen molar-refractivity contribution < 1.29 is 4.79 Å². The van der Waals surface area contributed by atoms with E-state index >= 15 is 0 Å². The Kier molecular flexibility index (Phi) is 3.26. The first kappa shape index (κ1) is 12.2. The Balaban J connectivity index is 2.52. The molecule has 1 unspecified atom stereocenters. The van der Waals surface area contributed by atoms with Gasteiger partial charge in [0.05, 0.1) is 5.69 Å². The SMILES string of the molecule is N#Cc1c(N2CC(S)CC2=O)cc(N)nc1Br. The largest absolute Gasteiger partial charge is 0.384 e. The Labute approximate surface area is 112 Å². The Bertz CT molecular complexity index is 528. The quantitative estimate of drug-likeness (QED) is 0.605. The number of thiol groups is 1. The van der Waals surface area contributed by atoms with Crippen LogP contribution in [0.15, 0.2) is 10.7 Å². The molecule has 1 aromatic rings. The number of nitrogens with zero attached hydrogens (tertiary/aromatic N) is 3. The zero-order chi connectivity index (χ0) is 12.6. The van der Waals surface area contributed by atoms with Crippen molar-refractivity contribution in [1.82, 2.24) is 4.98 Å². The van der Waals surface area contributed by atoms with E-state index in [9.17, 15) is 4.79 Å². The summed E-state index contributed by atoms with van der Waals surface area (Å²) in [5.41, 5.74) is 6.43. The van der Waals surface area contributed by atoms with Gasteiger partial charge in [0.25, 0.3) is 0 Å². The van der Waals surface area contributed by atoms with Crippen LogP contribution in [0.3, 0.4) is 0 Å². The molecule has 0 radical (unpaired) electrons. The molecule has 0 aliphatic carbocycles. The predicted molar refractivity (Wildman–Crippen MR) is 70.8 cm³/mol. The molecule has 1 fully saturated rings. The summed E-state index contributed by atoms with van der Waals surface area (Å²) in [5.74, 6) is 0.209. The molecule has 0 bridgehead atoms. The second-order valence-electron chi connectivity index (χ2n) is 3.71. The van der Waals surface area contributed by atoms with E-state index in [1.165, 1.54) is 11.0 Å². The van der Waals surface area contributed by atoms with Crippen molar-refractivity contribution in [2.45, 2.75) is 11.7 Å². The highest BCUT2D eigenvalue weighted by Crippen LogP contribution is 2.31. The fourth-order valence-corrected chi connectivity index (χ4v) is 2.57. The number of nitrogens with two attached hydrogens (primary N) is 1. The van der Waals surface area contributed by atoms with E-state index in [2.05, 4.69) is 33.5 Å². The van der Waals surface area contributed by atoms with E-state index in [4.69, 9.17) is 11.0 Å². The van der Waals surface area contributed by atoms with Crippen LogP contribution in [0.2, 0.25) is 0 Å². The minimum absolute atomic E-state index is 0.0118. The van der Waals surface area contributed by atoms with E-state index in [-0.39, 0.29) is 17.0 Å². The maximum absolute atomic E-state index is 11.8. The average molecular weight is 313 g/mol. The number of hydrogen-bond donors (Lipinski definition) is 2. The van der Waals surface area contributed by atoms with Crippen LogP contribution in [0, 0.1) is 11.3 Å². The van der Waals surface area contributed by atoms with E-state index in [1.54, 1.807) is 0 Å². The van der Waals surface area contributed by atoms with Crippen LogP contribution < -0.4 is 10.6 Å². The van der Waals surface area contributed by atoms with Crippen molar-refractivity contribution in [1.29, 1.82) is 5.26 Å². The topological polar surface area (TPSA) is 83.0 Å². The molecule has 17 heavy (non-hydrogen) atoms. The molecule has 1 amide bonds. The van der Waals surface area contributed by atoms with Gasteiger partial charge >= 0.3 is 0 Å². The molecule has 1 saturated heterocycles. The predicted octanol–water partition coefficient (Wildman–Crippen LogP) is 1.33. The number of halogens is 1. The number of carbonyl (C=O) groups is 1. The van der Waals surface area contributed by atoms with Gasteiger partial charge in [0.15, 0.2) is 0 Å². The van der Waals surface area contributed by atoms with Gasteiger partial charge in [-0.1, -0.05) is 0 Å². The number of nitrogen functional groups attached to an aromatic ring is 1. The summed E-state index contributed by atoms with van der Waals surface area (Å²) in [6, 6.07) is 3.55. The Morgan fingerprint density at radius 1 is 1.71 bits per heavy atom. The molecule has 1 aromatic heterocycles. The van der Waals surface area contributed by atoms with Crippen LogP contribution >= 0.6 is 28.6 Å². The van der Waals surface area contributed by atoms with Gasteiger partial charge in [-0.15, -0.1) is 0 Å². The first-order chi connectivity index (χ1) is 8.02. The minimum atomic E-state index is -0.0565. The molecule has 0 spiro atoms. The van der Waals surface area contributed by atoms with E-state index in [0.29, 0.717) is 28.8 Å². The fraction of sp³-hybridized carbons (Fsp3) is 0.300. The lowest BCUT2D eigenvalue weighted by molar-refractivity contribution is -0.117. The summed E-state index contributed by atoms with van der Waals surface area (Å²) in [4.78, 5) is 17.2. The third kappa shape index (κ3) is 2.23. The van der Waals surface area contributed by atoms with E-state index in [1.807, 2.05) is 6.07 Å². The summed E-state index contributed by atoms with van der Waals surface area (Å²) in [6.07, 6.45) is 0.369. The van der Waals surface area contributed by atoms with Crippen molar-refractivity contribution in [2.75, 3.05) is 17.2 Å². The number of anilines is 2. The smallest absolute Gasteiger partial charge is 0.228 e. The highest BCUT2D eigenvalue weighted by atomic mass is 79.9. The Hall–Kier alpha value is -1.26. The first-order valence-corrected chi connectivity index (χ1v) is 6.18. The summed E-state index contributed by atoms with van der Waals surface area (Å²) < 4.78 is 0.352. The lowest BCUT2D eigenvalue weighted by atomic mass is 10.2. The fourth-order valence-electron chi connectivity index (χ4n) is 1.76. The second kappa shape index (κ2) is 4.55. The summed E-state index contributed by atoms with van der Waals surface area (Å²) in [7, 11) is 0.